The van der Waals surface area contributed by atoms with Gasteiger partial charge in [-0.1, -0.05) is 9.45 Å². The quantitative estimate of drug-likeness (QED) is 0.568. The van der Waals surface area contributed by atoms with Crippen molar-refractivity contribution in [3.8, 4) is 0 Å². The van der Waals surface area contributed by atoms with Gasteiger partial charge in [0.2, 0.25) is 0 Å². The first-order chi connectivity index (χ1) is 4.33. The van der Waals surface area contributed by atoms with Crippen LogP contribution in [-0.4, -0.2) is 12.9 Å². The molecule has 1 unspecified atom stereocenters. The molecule has 0 fully saturated rings. The molecule has 1 atom stereocenters. The molecule has 3 heteroatoms. The Hall–Kier alpha value is -0.150. The van der Waals surface area contributed by atoms with Gasteiger partial charge in [-0.15, -0.1) is 0 Å². The molecule has 0 bridgehead atoms. The molecule has 0 spiro atoms. The van der Waals surface area contributed by atoms with E-state index in [1.54, 1.807) is 7.11 Å². The maximum atomic E-state index is 5.03. The van der Waals surface area contributed by atoms with Crippen molar-refractivity contribution in [2.75, 3.05) is 12.9 Å². The summed E-state index contributed by atoms with van der Waals surface area (Å²) in [6.45, 7) is 0. The van der Waals surface area contributed by atoms with Crippen LogP contribution in [0.1, 0.15) is 0 Å². The molecule has 0 amide bonds. The first-order valence-electron chi connectivity index (χ1n) is 2.62. The molecule has 0 N–H and O–H groups in total. The average molecular weight is 160 g/mol. The molecule has 1 heterocycles. The predicted molar refractivity (Wildman–Crippen MR) is 43.8 cm³/mol. The Labute approximate surface area is 62.0 Å². The van der Waals surface area contributed by atoms with E-state index in [9.17, 15) is 0 Å². The van der Waals surface area contributed by atoms with Crippen molar-refractivity contribution in [2.45, 2.75) is 0 Å². The highest BCUT2D eigenvalue weighted by Crippen LogP contribution is 2.05. The van der Waals surface area contributed by atoms with Crippen molar-refractivity contribution >= 4 is 20.6 Å². The number of hydrogen-bond acceptors (Lipinski definition) is 2. The number of methoxy groups -OCH3 is 1. The normalized spacial score (nSPS) is 25.4. The van der Waals surface area contributed by atoms with Crippen LogP contribution in [0.4, 0.5) is 0 Å². The van der Waals surface area contributed by atoms with Crippen molar-refractivity contribution < 1.29 is 4.74 Å². The van der Waals surface area contributed by atoms with Gasteiger partial charge in [-0.05, 0) is 28.7 Å². The Morgan fingerprint density at radius 1 is 1.78 bits per heavy atom. The van der Waals surface area contributed by atoms with E-state index in [2.05, 4.69) is 0 Å². The molecular formula is C6H8OS2. The molecular weight excluding hydrogens is 152 g/mol. The summed E-state index contributed by atoms with van der Waals surface area (Å²) in [4.78, 5) is 0. The van der Waals surface area contributed by atoms with Gasteiger partial charge in [0.25, 0.3) is 0 Å². The van der Waals surface area contributed by atoms with Crippen molar-refractivity contribution in [1.29, 1.82) is 0 Å². The third-order valence-electron chi connectivity index (χ3n) is 1.07. The highest BCUT2D eigenvalue weighted by atomic mass is 32.8. The largest absolute Gasteiger partial charge is 0.497 e. The molecule has 1 aliphatic heterocycles. The highest BCUT2D eigenvalue weighted by Gasteiger charge is 1.96. The molecule has 0 saturated carbocycles. The van der Waals surface area contributed by atoms with Gasteiger partial charge in [-0.2, -0.15) is 0 Å². The van der Waals surface area contributed by atoms with Crippen LogP contribution in [0.15, 0.2) is 23.3 Å². The SMILES string of the molecule is COC1=CCS(=S)C=C1. The van der Waals surface area contributed by atoms with Gasteiger partial charge in [0, 0.05) is 5.75 Å². The van der Waals surface area contributed by atoms with Gasteiger partial charge >= 0.3 is 0 Å². The van der Waals surface area contributed by atoms with Crippen LogP contribution in [0.3, 0.4) is 0 Å². The number of hydrogen-bond donors (Lipinski definition) is 0. The summed E-state index contributed by atoms with van der Waals surface area (Å²) in [5.74, 6) is 1.89. The van der Waals surface area contributed by atoms with Crippen LogP contribution in [0.25, 0.3) is 0 Å². The van der Waals surface area contributed by atoms with Crippen LogP contribution in [0.5, 0.6) is 0 Å². The summed E-state index contributed by atoms with van der Waals surface area (Å²) >= 11 is 5.03. The Balaban J connectivity index is 2.63. The van der Waals surface area contributed by atoms with Crippen LogP contribution in [-0.2, 0) is 25.4 Å². The molecule has 1 aliphatic rings. The molecule has 0 aliphatic carbocycles. The van der Waals surface area contributed by atoms with Gasteiger partial charge < -0.3 is 4.74 Å². The molecule has 9 heavy (non-hydrogen) atoms. The zero-order chi connectivity index (χ0) is 6.69. The van der Waals surface area contributed by atoms with E-state index in [0.29, 0.717) is 0 Å². The smallest absolute Gasteiger partial charge is 0.116 e. The topological polar surface area (TPSA) is 9.23 Å². The van der Waals surface area contributed by atoms with Crippen molar-refractivity contribution in [3.63, 3.8) is 0 Å². The number of allylic oxidation sites excluding steroid dienone is 1. The van der Waals surface area contributed by atoms with Crippen LogP contribution in [0, 0.1) is 0 Å². The molecule has 0 aromatic rings. The summed E-state index contributed by atoms with van der Waals surface area (Å²) in [6, 6.07) is 0. The maximum absolute atomic E-state index is 5.03. The van der Waals surface area contributed by atoms with Crippen LogP contribution >= 0.6 is 0 Å². The fourth-order valence-corrected chi connectivity index (χ4v) is 1.68. The Kier molecular flexibility index (Phi) is 2.42. The molecule has 0 radical (unpaired) electrons. The third-order valence-corrected chi connectivity index (χ3v) is 2.75. The van der Waals surface area contributed by atoms with Gasteiger partial charge in [-0.3, -0.25) is 0 Å². The van der Waals surface area contributed by atoms with Gasteiger partial charge in [-0.25, -0.2) is 0 Å². The third kappa shape index (κ3) is 1.91. The molecule has 0 saturated heterocycles. The predicted octanol–water partition coefficient (Wildman–Crippen LogP) is 1.12. The fraction of sp³-hybridized carbons (Fsp3) is 0.333. The van der Waals surface area contributed by atoms with E-state index in [0.717, 1.165) is 11.5 Å². The minimum Gasteiger partial charge on any atom is -0.497 e. The fourth-order valence-electron chi connectivity index (χ4n) is 0.582. The lowest BCUT2D eigenvalue weighted by molar-refractivity contribution is 0.306. The van der Waals surface area contributed by atoms with Gasteiger partial charge in [0.15, 0.2) is 0 Å². The lowest BCUT2D eigenvalue weighted by Crippen LogP contribution is -1.96. The van der Waals surface area contributed by atoms with Crippen molar-refractivity contribution in [1.82, 2.24) is 0 Å². The second kappa shape index (κ2) is 3.13. The maximum Gasteiger partial charge on any atom is 0.116 e. The van der Waals surface area contributed by atoms with E-state index in [-0.39, 0.29) is 9.45 Å². The number of ether oxygens (including phenoxy) is 1. The second-order valence-corrected chi connectivity index (χ2v) is 4.31. The molecule has 0 aromatic carbocycles. The zero-order valence-electron chi connectivity index (χ0n) is 5.16. The van der Waals surface area contributed by atoms with E-state index < -0.39 is 0 Å². The lowest BCUT2D eigenvalue weighted by Gasteiger charge is -2.04. The molecule has 1 nitrogen and oxygen atoms in total. The van der Waals surface area contributed by atoms with E-state index in [1.807, 2.05) is 17.6 Å². The van der Waals surface area contributed by atoms with Crippen molar-refractivity contribution in [2.24, 2.45) is 0 Å². The Morgan fingerprint density at radius 3 is 3.00 bits per heavy atom. The van der Waals surface area contributed by atoms with Gasteiger partial charge in [0.1, 0.15) is 5.76 Å². The summed E-state index contributed by atoms with van der Waals surface area (Å²) in [5, 5.41) is 2.01. The lowest BCUT2D eigenvalue weighted by atomic mass is 10.4. The Bertz CT molecular complexity index is 181. The minimum absolute atomic E-state index is 0.0339. The minimum atomic E-state index is 0.0339. The highest BCUT2D eigenvalue weighted by molar-refractivity contribution is 8.30. The van der Waals surface area contributed by atoms with E-state index in [1.165, 1.54) is 0 Å². The zero-order valence-corrected chi connectivity index (χ0v) is 6.80. The van der Waals surface area contributed by atoms with Crippen molar-refractivity contribution in [3.05, 3.63) is 23.3 Å². The Morgan fingerprint density at radius 2 is 2.56 bits per heavy atom. The summed E-state index contributed by atoms with van der Waals surface area (Å²) in [6.07, 6.45) is 3.95. The van der Waals surface area contributed by atoms with Gasteiger partial charge in [0.05, 0.1) is 7.11 Å². The standard InChI is InChI=1S/C6H8OS2/c1-7-6-2-4-9(8)5-3-6/h2-4H,5H2,1H3. The summed E-state index contributed by atoms with van der Waals surface area (Å²) in [7, 11) is 1.70. The molecule has 0 aromatic heterocycles. The average Bonchev–Trinajstić information content (AvgIpc) is 1.90. The first-order valence-corrected chi connectivity index (χ1v) is 5.00. The van der Waals surface area contributed by atoms with Crippen LogP contribution < -0.4 is 0 Å². The van der Waals surface area contributed by atoms with E-state index >= 15 is 0 Å². The first kappa shape index (κ1) is 6.96. The van der Waals surface area contributed by atoms with E-state index in [4.69, 9.17) is 15.9 Å². The number of rotatable bonds is 1. The second-order valence-electron chi connectivity index (χ2n) is 1.66. The monoisotopic (exact) mass is 160 g/mol. The van der Waals surface area contributed by atoms with Crippen LogP contribution in [0.2, 0.25) is 0 Å². The molecule has 1 rings (SSSR count). The molecule has 50 valence electrons. The summed E-state index contributed by atoms with van der Waals surface area (Å²) < 4.78 is 4.97. The summed E-state index contributed by atoms with van der Waals surface area (Å²) in [5.41, 5.74) is 0.